The van der Waals surface area contributed by atoms with Crippen LogP contribution < -0.4 is 0 Å². The maximum atomic E-state index is 4.44. The summed E-state index contributed by atoms with van der Waals surface area (Å²) in [5.41, 5.74) is 0. The van der Waals surface area contributed by atoms with E-state index in [-0.39, 0.29) is 0 Å². The molecule has 2 rings (SSSR count). The molecule has 12 heavy (non-hydrogen) atoms. The van der Waals surface area contributed by atoms with Gasteiger partial charge in [0.25, 0.3) is 0 Å². The van der Waals surface area contributed by atoms with Gasteiger partial charge in [-0.25, -0.2) is 0 Å². The first-order valence-electron chi connectivity index (χ1n) is 4.16. The Morgan fingerprint density at radius 2 is 2.42 bits per heavy atom. The molecule has 1 aliphatic heterocycles. The van der Waals surface area contributed by atoms with E-state index < -0.39 is 0 Å². The summed E-state index contributed by atoms with van der Waals surface area (Å²) in [5.74, 6) is 1.16. The number of hydrogen-bond donors (Lipinski definition) is 0. The van der Waals surface area contributed by atoms with Crippen LogP contribution in [0, 0.1) is 0 Å². The lowest BCUT2D eigenvalue weighted by molar-refractivity contribution is 1.18. The summed E-state index contributed by atoms with van der Waals surface area (Å²) in [4.78, 5) is 7.26. The quantitative estimate of drug-likeness (QED) is 0.710. The second-order valence-electron chi connectivity index (χ2n) is 2.65. The van der Waals surface area contributed by atoms with Gasteiger partial charge in [0.1, 0.15) is 5.04 Å². The molecule has 1 aliphatic rings. The Hall–Kier alpha value is -0.280. The van der Waals surface area contributed by atoms with Crippen molar-refractivity contribution in [2.75, 3.05) is 12.3 Å². The van der Waals surface area contributed by atoms with Crippen LogP contribution in [0.4, 0.5) is 0 Å². The molecule has 0 radical (unpaired) electrons. The highest BCUT2D eigenvalue weighted by molar-refractivity contribution is 8.15. The molecule has 3 heteroatoms. The van der Waals surface area contributed by atoms with Crippen molar-refractivity contribution in [2.24, 2.45) is 4.99 Å². The summed E-state index contributed by atoms with van der Waals surface area (Å²) in [6, 6.07) is 4.40. The van der Waals surface area contributed by atoms with Gasteiger partial charge in [0.15, 0.2) is 0 Å². The Bertz CT molecular complexity index is 301. The molecule has 0 unspecified atom stereocenters. The summed E-state index contributed by atoms with van der Waals surface area (Å²) in [6.45, 7) is 3.19. The third-order valence-corrected chi connectivity index (χ3v) is 4.18. The predicted molar refractivity (Wildman–Crippen MR) is 57.6 cm³/mol. The van der Waals surface area contributed by atoms with Gasteiger partial charge in [0, 0.05) is 17.2 Å². The summed E-state index contributed by atoms with van der Waals surface area (Å²) in [5, 5.41) is 1.25. The highest BCUT2D eigenvalue weighted by atomic mass is 32.2. The molecule has 0 atom stereocenters. The van der Waals surface area contributed by atoms with Gasteiger partial charge in [-0.3, -0.25) is 4.99 Å². The Kier molecular flexibility index (Phi) is 2.51. The number of rotatable bonds is 2. The largest absolute Gasteiger partial charge is 0.276 e. The van der Waals surface area contributed by atoms with Crippen molar-refractivity contribution >= 4 is 28.1 Å². The van der Waals surface area contributed by atoms with Crippen LogP contribution in [-0.2, 0) is 6.42 Å². The number of thiophene rings is 1. The number of thioether (sulfide) groups is 1. The number of aryl methyl sites for hydroxylation is 1. The molecule has 0 aromatic carbocycles. The maximum Gasteiger partial charge on any atom is 0.108 e. The fourth-order valence-corrected chi connectivity index (χ4v) is 3.09. The second kappa shape index (κ2) is 3.62. The van der Waals surface area contributed by atoms with Crippen molar-refractivity contribution in [3.8, 4) is 0 Å². The molecule has 1 aromatic heterocycles. The maximum absolute atomic E-state index is 4.44. The summed E-state index contributed by atoms with van der Waals surface area (Å²) in [7, 11) is 0. The Balaban J connectivity index is 2.22. The van der Waals surface area contributed by atoms with Crippen LogP contribution in [-0.4, -0.2) is 17.3 Å². The molecule has 0 fully saturated rings. The van der Waals surface area contributed by atoms with Crippen molar-refractivity contribution < 1.29 is 0 Å². The van der Waals surface area contributed by atoms with E-state index >= 15 is 0 Å². The van der Waals surface area contributed by atoms with Crippen LogP contribution >= 0.6 is 23.1 Å². The molecule has 64 valence electrons. The van der Waals surface area contributed by atoms with Gasteiger partial charge in [-0.15, -0.1) is 23.1 Å². The molecule has 0 aliphatic carbocycles. The minimum atomic E-state index is 0.999. The van der Waals surface area contributed by atoms with E-state index in [1.54, 1.807) is 0 Å². The average molecular weight is 197 g/mol. The first-order valence-corrected chi connectivity index (χ1v) is 5.96. The molecule has 0 amide bonds. The third kappa shape index (κ3) is 1.57. The van der Waals surface area contributed by atoms with E-state index in [0.717, 1.165) is 18.7 Å². The molecule has 1 aromatic rings. The van der Waals surface area contributed by atoms with Crippen molar-refractivity contribution in [3.63, 3.8) is 0 Å². The standard InChI is InChI=1S/C9H11NS2/c1-2-7-3-4-8(12-7)9-10-5-6-11-9/h3-4H,2,5-6H2,1H3. The van der Waals surface area contributed by atoms with Gasteiger partial charge >= 0.3 is 0 Å². The van der Waals surface area contributed by atoms with Gasteiger partial charge in [-0.1, -0.05) is 6.92 Å². The Morgan fingerprint density at radius 1 is 1.50 bits per heavy atom. The molecular weight excluding hydrogens is 186 g/mol. The summed E-state index contributed by atoms with van der Waals surface area (Å²) >= 11 is 3.76. The van der Waals surface area contributed by atoms with Gasteiger partial charge in [0.2, 0.25) is 0 Å². The van der Waals surface area contributed by atoms with Gasteiger partial charge in [-0.2, -0.15) is 0 Å². The molecule has 1 nitrogen and oxygen atoms in total. The van der Waals surface area contributed by atoms with Crippen molar-refractivity contribution in [1.29, 1.82) is 0 Å². The monoisotopic (exact) mass is 197 g/mol. The third-order valence-electron chi connectivity index (χ3n) is 1.81. The zero-order valence-electron chi connectivity index (χ0n) is 7.04. The highest BCUT2D eigenvalue weighted by Gasteiger charge is 2.11. The zero-order chi connectivity index (χ0) is 8.39. The number of aliphatic imine (C=N–C) groups is 1. The van der Waals surface area contributed by atoms with Gasteiger partial charge in [0.05, 0.1) is 4.88 Å². The summed E-state index contributed by atoms with van der Waals surface area (Å²) in [6.07, 6.45) is 1.14. The van der Waals surface area contributed by atoms with Crippen LogP contribution in [0.25, 0.3) is 0 Å². The molecule has 2 heterocycles. The van der Waals surface area contributed by atoms with E-state index in [1.165, 1.54) is 14.8 Å². The number of hydrogen-bond acceptors (Lipinski definition) is 3. The van der Waals surface area contributed by atoms with Crippen LogP contribution in [0.3, 0.4) is 0 Å². The molecule has 0 bridgehead atoms. The minimum absolute atomic E-state index is 0.999. The molecule has 0 saturated carbocycles. The van der Waals surface area contributed by atoms with Crippen LogP contribution in [0.2, 0.25) is 0 Å². The topological polar surface area (TPSA) is 12.4 Å². The predicted octanol–water partition coefficient (Wildman–Crippen LogP) is 2.80. The Labute approximate surface area is 80.9 Å². The average Bonchev–Trinajstić information content (AvgIpc) is 2.75. The van der Waals surface area contributed by atoms with Crippen LogP contribution in [0.5, 0.6) is 0 Å². The van der Waals surface area contributed by atoms with E-state index in [1.807, 2.05) is 23.1 Å². The normalized spacial score (nSPS) is 16.6. The van der Waals surface area contributed by atoms with Gasteiger partial charge < -0.3 is 0 Å². The van der Waals surface area contributed by atoms with Crippen molar-refractivity contribution in [2.45, 2.75) is 13.3 Å². The fraction of sp³-hybridized carbons (Fsp3) is 0.444. The van der Waals surface area contributed by atoms with Crippen molar-refractivity contribution in [3.05, 3.63) is 21.9 Å². The summed E-state index contributed by atoms with van der Waals surface area (Å²) < 4.78 is 0. The van der Waals surface area contributed by atoms with Crippen LogP contribution in [0.1, 0.15) is 16.7 Å². The minimum Gasteiger partial charge on any atom is -0.276 e. The van der Waals surface area contributed by atoms with E-state index in [2.05, 4.69) is 24.0 Å². The fourth-order valence-electron chi connectivity index (χ4n) is 1.17. The second-order valence-corrected chi connectivity index (χ2v) is 4.91. The molecule has 0 spiro atoms. The first kappa shape index (κ1) is 8.32. The smallest absolute Gasteiger partial charge is 0.108 e. The molecular formula is C9H11NS2. The van der Waals surface area contributed by atoms with Crippen molar-refractivity contribution in [1.82, 2.24) is 0 Å². The lowest BCUT2D eigenvalue weighted by Crippen LogP contribution is -1.84. The lowest BCUT2D eigenvalue weighted by Gasteiger charge is -1.91. The van der Waals surface area contributed by atoms with Crippen LogP contribution in [0.15, 0.2) is 17.1 Å². The zero-order valence-corrected chi connectivity index (χ0v) is 8.67. The Morgan fingerprint density at radius 3 is 3.00 bits per heavy atom. The van der Waals surface area contributed by atoms with E-state index in [9.17, 15) is 0 Å². The molecule has 0 saturated heterocycles. The highest BCUT2D eigenvalue weighted by Crippen LogP contribution is 2.25. The SMILES string of the molecule is CCc1ccc(C2=NCCS2)s1. The number of nitrogens with zero attached hydrogens (tertiary/aromatic N) is 1. The van der Waals surface area contributed by atoms with E-state index in [4.69, 9.17) is 0 Å². The lowest BCUT2D eigenvalue weighted by atomic mass is 10.4. The van der Waals surface area contributed by atoms with Gasteiger partial charge in [-0.05, 0) is 18.6 Å². The first-order chi connectivity index (χ1) is 5.90. The van der Waals surface area contributed by atoms with E-state index in [0.29, 0.717) is 0 Å². The molecule has 0 N–H and O–H groups in total.